The molecule has 5 heteroatoms. The van der Waals surface area contributed by atoms with E-state index in [2.05, 4.69) is 5.32 Å². The van der Waals surface area contributed by atoms with Crippen LogP contribution in [0.5, 0.6) is 0 Å². The summed E-state index contributed by atoms with van der Waals surface area (Å²) in [5.41, 5.74) is 7.00. The smallest absolute Gasteiger partial charge is 0.251 e. The number of rotatable bonds is 5. The van der Waals surface area contributed by atoms with E-state index < -0.39 is 0 Å². The largest absolute Gasteiger partial charge is 0.467 e. The number of carbonyl (C=O) groups excluding carboxylic acids is 1. The van der Waals surface area contributed by atoms with Gasteiger partial charge in [-0.2, -0.15) is 0 Å². The van der Waals surface area contributed by atoms with E-state index in [4.69, 9.17) is 22.4 Å². The zero-order chi connectivity index (χ0) is 13.7. The first-order valence-corrected chi connectivity index (χ1v) is 6.24. The predicted octanol–water partition coefficient (Wildman–Crippen LogP) is 2.04. The second-order valence-electron chi connectivity index (χ2n) is 4.11. The summed E-state index contributed by atoms with van der Waals surface area (Å²) < 4.78 is 5.15. The Morgan fingerprint density at radius 1 is 1.32 bits per heavy atom. The monoisotopic (exact) mass is 274 g/mol. The number of nitrogens with two attached hydrogens (primary N) is 1. The molecule has 0 aliphatic carbocycles. The van der Waals surface area contributed by atoms with Crippen LogP contribution in [-0.2, 0) is 13.0 Å². The molecule has 4 nitrogen and oxygen atoms in total. The minimum atomic E-state index is -0.152. The molecule has 0 saturated carbocycles. The summed E-state index contributed by atoms with van der Waals surface area (Å²) in [7, 11) is 0. The van der Waals surface area contributed by atoms with E-state index in [1.54, 1.807) is 24.5 Å². The van der Waals surface area contributed by atoms with Crippen LogP contribution in [0.15, 0.2) is 47.1 Å². The quantitative estimate of drug-likeness (QED) is 0.819. The molecule has 0 unspecified atom stereocenters. The Kier molecular flexibility index (Phi) is 4.30. The molecule has 0 spiro atoms. The van der Waals surface area contributed by atoms with Gasteiger partial charge in [-0.3, -0.25) is 4.79 Å². The van der Waals surface area contributed by atoms with Gasteiger partial charge >= 0.3 is 0 Å². The van der Waals surface area contributed by atoms with Gasteiger partial charge in [-0.1, -0.05) is 24.4 Å². The molecule has 0 fully saturated rings. The highest BCUT2D eigenvalue weighted by molar-refractivity contribution is 7.80. The van der Waals surface area contributed by atoms with Gasteiger partial charge in [-0.25, -0.2) is 0 Å². The molecule has 0 saturated heterocycles. The van der Waals surface area contributed by atoms with Crippen molar-refractivity contribution in [2.75, 3.05) is 0 Å². The van der Waals surface area contributed by atoms with Crippen molar-refractivity contribution in [2.45, 2.75) is 13.0 Å². The Balaban J connectivity index is 2.00. The second kappa shape index (κ2) is 6.15. The summed E-state index contributed by atoms with van der Waals surface area (Å²) in [5, 5.41) is 2.79. The fraction of sp³-hybridized carbons (Fsp3) is 0.143. The van der Waals surface area contributed by atoms with Crippen molar-refractivity contribution in [3.8, 4) is 0 Å². The standard InChI is InChI=1S/C14H14N2O2S/c15-13(19)8-10-3-1-4-11(7-10)14(17)16-9-12-5-2-6-18-12/h1-7H,8-9H2,(H2,15,19)(H,16,17). The van der Waals surface area contributed by atoms with Gasteiger partial charge in [0.1, 0.15) is 5.76 Å². The molecule has 1 aromatic heterocycles. The van der Waals surface area contributed by atoms with Gasteiger partial charge in [0.25, 0.3) is 5.91 Å². The molecule has 98 valence electrons. The summed E-state index contributed by atoms with van der Waals surface area (Å²) in [6.07, 6.45) is 2.07. The van der Waals surface area contributed by atoms with Gasteiger partial charge in [0, 0.05) is 12.0 Å². The van der Waals surface area contributed by atoms with Gasteiger partial charge in [0.2, 0.25) is 0 Å². The number of hydrogen-bond acceptors (Lipinski definition) is 3. The second-order valence-corrected chi connectivity index (χ2v) is 4.63. The van der Waals surface area contributed by atoms with Crippen molar-refractivity contribution < 1.29 is 9.21 Å². The Bertz CT molecular complexity index is 579. The molecule has 2 rings (SSSR count). The summed E-state index contributed by atoms with van der Waals surface area (Å²) >= 11 is 4.86. The SMILES string of the molecule is NC(=S)Cc1cccc(C(=O)NCc2ccco2)c1. The Morgan fingerprint density at radius 2 is 2.16 bits per heavy atom. The van der Waals surface area contributed by atoms with Crippen LogP contribution in [-0.4, -0.2) is 10.9 Å². The van der Waals surface area contributed by atoms with Crippen molar-refractivity contribution in [1.29, 1.82) is 0 Å². The topological polar surface area (TPSA) is 68.3 Å². The van der Waals surface area contributed by atoms with Gasteiger partial charge in [0.15, 0.2) is 0 Å². The first-order chi connectivity index (χ1) is 9.15. The molecule has 0 atom stereocenters. The third kappa shape index (κ3) is 3.93. The molecule has 0 aliphatic heterocycles. The summed E-state index contributed by atoms with van der Waals surface area (Å²) in [6.45, 7) is 0.366. The maximum absolute atomic E-state index is 12.0. The number of hydrogen-bond donors (Lipinski definition) is 2. The molecular weight excluding hydrogens is 260 g/mol. The van der Waals surface area contributed by atoms with Crippen LogP contribution in [0.1, 0.15) is 21.7 Å². The van der Waals surface area contributed by atoms with E-state index in [1.165, 1.54) is 0 Å². The highest BCUT2D eigenvalue weighted by Crippen LogP contribution is 2.07. The minimum Gasteiger partial charge on any atom is -0.467 e. The average Bonchev–Trinajstić information content (AvgIpc) is 2.88. The lowest BCUT2D eigenvalue weighted by molar-refractivity contribution is 0.0948. The number of nitrogens with one attached hydrogen (secondary N) is 1. The number of furan rings is 1. The van der Waals surface area contributed by atoms with Crippen molar-refractivity contribution >= 4 is 23.1 Å². The van der Waals surface area contributed by atoms with E-state index in [0.29, 0.717) is 29.3 Å². The van der Waals surface area contributed by atoms with Crippen molar-refractivity contribution in [1.82, 2.24) is 5.32 Å². The first-order valence-electron chi connectivity index (χ1n) is 5.83. The first kappa shape index (κ1) is 13.3. The zero-order valence-electron chi connectivity index (χ0n) is 10.3. The molecule has 1 aromatic carbocycles. The van der Waals surface area contributed by atoms with Crippen molar-refractivity contribution in [2.24, 2.45) is 5.73 Å². The van der Waals surface area contributed by atoms with Crippen LogP contribution in [0.3, 0.4) is 0 Å². The number of thiocarbonyl (C=S) groups is 1. The van der Waals surface area contributed by atoms with Gasteiger partial charge in [-0.15, -0.1) is 0 Å². The molecule has 19 heavy (non-hydrogen) atoms. The van der Waals surface area contributed by atoms with Crippen LogP contribution < -0.4 is 11.1 Å². The highest BCUT2D eigenvalue weighted by atomic mass is 32.1. The van der Waals surface area contributed by atoms with Crippen LogP contribution in [0.2, 0.25) is 0 Å². The van der Waals surface area contributed by atoms with E-state index in [1.807, 2.05) is 18.2 Å². The van der Waals surface area contributed by atoms with Gasteiger partial charge < -0.3 is 15.5 Å². The molecule has 3 N–H and O–H groups in total. The number of benzene rings is 1. The maximum atomic E-state index is 12.0. The van der Waals surface area contributed by atoms with Gasteiger partial charge in [0.05, 0.1) is 17.8 Å². The summed E-state index contributed by atoms with van der Waals surface area (Å²) in [4.78, 5) is 12.4. The van der Waals surface area contributed by atoms with Crippen LogP contribution in [0, 0.1) is 0 Å². The van der Waals surface area contributed by atoms with E-state index in [9.17, 15) is 4.79 Å². The lowest BCUT2D eigenvalue weighted by Gasteiger charge is -2.05. The van der Waals surface area contributed by atoms with E-state index in [0.717, 1.165) is 5.56 Å². The number of amides is 1. The Labute approximate surface area is 116 Å². The lowest BCUT2D eigenvalue weighted by Crippen LogP contribution is -2.22. The van der Waals surface area contributed by atoms with Crippen molar-refractivity contribution in [3.63, 3.8) is 0 Å². The molecule has 0 aliphatic rings. The Morgan fingerprint density at radius 3 is 2.84 bits per heavy atom. The van der Waals surface area contributed by atoms with Crippen LogP contribution >= 0.6 is 12.2 Å². The fourth-order valence-corrected chi connectivity index (χ4v) is 1.87. The zero-order valence-corrected chi connectivity index (χ0v) is 11.1. The molecule has 0 radical (unpaired) electrons. The molecule has 1 heterocycles. The molecule has 2 aromatic rings. The normalized spacial score (nSPS) is 10.1. The van der Waals surface area contributed by atoms with Crippen molar-refractivity contribution in [3.05, 3.63) is 59.5 Å². The molecular formula is C14H14N2O2S. The van der Waals surface area contributed by atoms with Gasteiger partial charge in [-0.05, 0) is 29.8 Å². The van der Waals surface area contributed by atoms with E-state index >= 15 is 0 Å². The Hall–Kier alpha value is -2.14. The van der Waals surface area contributed by atoms with Crippen LogP contribution in [0.4, 0.5) is 0 Å². The highest BCUT2D eigenvalue weighted by Gasteiger charge is 2.07. The summed E-state index contributed by atoms with van der Waals surface area (Å²) in [5.74, 6) is 0.564. The third-order valence-electron chi connectivity index (χ3n) is 2.57. The van der Waals surface area contributed by atoms with Crippen LogP contribution in [0.25, 0.3) is 0 Å². The number of carbonyl (C=O) groups is 1. The van der Waals surface area contributed by atoms with E-state index in [-0.39, 0.29) is 5.91 Å². The summed E-state index contributed by atoms with van der Waals surface area (Å²) in [6, 6.07) is 10.8. The third-order valence-corrected chi connectivity index (χ3v) is 2.72. The lowest BCUT2D eigenvalue weighted by atomic mass is 10.1. The minimum absolute atomic E-state index is 0.152. The predicted molar refractivity (Wildman–Crippen MR) is 76.8 cm³/mol. The molecule has 1 amide bonds. The average molecular weight is 274 g/mol. The maximum Gasteiger partial charge on any atom is 0.251 e. The molecule has 0 bridgehead atoms. The fourth-order valence-electron chi connectivity index (χ4n) is 1.71.